The van der Waals surface area contributed by atoms with Crippen LogP contribution in [0.5, 0.6) is 5.88 Å². The van der Waals surface area contributed by atoms with Crippen molar-refractivity contribution < 1.29 is 66.1 Å². The number of carbonyl (C=O) groups excluding carboxylic acids is 4. The molecule has 0 saturated carbocycles. The zero-order chi connectivity index (χ0) is 71.6. The number of carboxylic acids is 1. The van der Waals surface area contributed by atoms with Gasteiger partial charge in [0.2, 0.25) is 5.88 Å². The number of carbonyl (C=O) groups is 5. The second kappa shape index (κ2) is 31.1. The van der Waals surface area contributed by atoms with Gasteiger partial charge in [-0.3, -0.25) is 33.6 Å². The number of aryl methyl sites for hydroxylation is 4. The fraction of sp³-hybridized carbons (Fsp3) is 0.403. The Balaban J connectivity index is 0.000000168. The number of carboxylic acid groups (broad SMARTS) is 1. The lowest BCUT2D eigenvalue weighted by Crippen LogP contribution is -2.41. The maximum Gasteiger partial charge on any atom is 0.356 e. The van der Waals surface area contributed by atoms with Gasteiger partial charge < -0.3 is 44.1 Å². The summed E-state index contributed by atoms with van der Waals surface area (Å²) in [4.78, 5) is 106. The second-order valence-electron chi connectivity index (χ2n) is 25.3. The average Bonchev–Trinajstić information content (AvgIpc) is 1.50. The molecule has 4 aliphatic heterocycles. The van der Waals surface area contributed by atoms with E-state index >= 15 is 0 Å². The summed E-state index contributed by atoms with van der Waals surface area (Å²) < 4.78 is 50.4. The van der Waals surface area contributed by atoms with Gasteiger partial charge in [-0.1, -0.05) is 116 Å². The molecule has 0 saturated heterocycles. The fourth-order valence-corrected chi connectivity index (χ4v) is 12.4. The predicted molar refractivity (Wildman–Crippen MR) is 368 cm³/mol. The van der Waals surface area contributed by atoms with Gasteiger partial charge in [-0.15, -0.1) is 0 Å². The van der Waals surface area contributed by atoms with Crippen LogP contribution in [0.3, 0.4) is 0 Å². The normalized spacial score (nSPS) is 16.2. The summed E-state index contributed by atoms with van der Waals surface area (Å²) in [5, 5.41) is 22.6. The number of aromatic carboxylic acids is 1. The number of aromatic nitrogens is 5. The molecular formula is C72H85N9O16S. The smallest absolute Gasteiger partial charge is 0.356 e. The van der Waals surface area contributed by atoms with Gasteiger partial charge in [0.25, 0.3) is 17.0 Å². The summed E-state index contributed by atoms with van der Waals surface area (Å²) in [6.07, 6.45) is 6.36. The van der Waals surface area contributed by atoms with Crippen LogP contribution in [-0.4, -0.2) is 130 Å². The van der Waals surface area contributed by atoms with Crippen LogP contribution in [0, 0.1) is 25.2 Å². The van der Waals surface area contributed by atoms with E-state index in [4.69, 9.17) is 28.6 Å². The van der Waals surface area contributed by atoms with Crippen molar-refractivity contribution in [2.24, 2.45) is 33.7 Å². The number of ketones is 1. The summed E-state index contributed by atoms with van der Waals surface area (Å²) in [6.45, 7) is 23.4. The number of H-pyrrole nitrogens is 1. The molecule has 4 aromatic carbocycles. The molecule has 98 heavy (non-hydrogen) atoms. The molecule has 26 heteroatoms. The van der Waals surface area contributed by atoms with Crippen LogP contribution in [0.1, 0.15) is 152 Å². The molecular weight excluding hydrogens is 1280 g/mol. The highest BCUT2D eigenvalue weighted by Crippen LogP contribution is 2.42. The van der Waals surface area contributed by atoms with Gasteiger partial charge in [-0.25, -0.2) is 32.4 Å². The number of sulfone groups is 1. The Hall–Kier alpha value is -9.92. The number of pyridine rings is 1. The van der Waals surface area contributed by atoms with Crippen molar-refractivity contribution in [3.8, 4) is 17.0 Å². The summed E-state index contributed by atoms with van der Waals surface area (Å²) in [6, 6.07) is 28.2. The number of hydrogen-bond acceptors (Lipinski definition) is 19. The summed E-state index contributed by atoms with van der Waals surface area (Å²) in [5.74, 6) is -2.11. The minimum Gasteiger partial charge on any atom is -0.478 e. The quantitative estimate of drug-likeness (QED) is 0.0565. The minimum absolute atomic E-state index is 0.00623. The number of rotatable bonds is 17. The third kappa shape index (κ3) is 15.9. The Morgan fingerprint density at radius 3 is 1.93 bits per heavy atom. The van der Waals surface area contributed by atoms with E-state index in [-0.39, 0.29) is 63.1 Å². The molecule has 0 fully saturated rings. The lowest BCUT2D eigenvalue weighted by Gasteiger charge is -2.27. The van der Waals surface area contributed by atoms with E-state index in [9.17, 15) is 47.1 Å². The lowest BCUT2D eigenvalue weighted by molar-refractivity contribution is -0.143. The Bertz CT molecular complexity index is 4430. The topological polar surface area (TPSA) is 322 Å². The number of hydrogen-bond donors (Lipinski definition) is 3. The van der Waals surface area contributed by atoms with Gasteiger partial charge in [0, 0.05) is 61.5 Å². The van der Waals surface area contributed by atoms with Crippen molar-refractivity contribution in [2.45, 2.75) is 138 Å². The monoisotopic (exact) mass is 1360 g/mol. The number of oxime groups is 2. The highest BCUT2D eigenvalue weighted by molar-refractivity contribution is 7.90. The van der Waals surface area contributed by atoms with Crippen LogP contribution in [0.25, 0.3) is 11.1 Å². The van der Waals surface area contributed by atoms with Crippen molar-refractivity contribution in [2.75, 3.05) is 39.8 Å². The number of aliphatic imine (C=N–C) groups is 1. The Labute approximate surface area is 568 Å². The molecule has 1 amide bonds. The standard InChI is InChI=1S/C23H32N2O4.C18H17NO3.C16H17N3O5S.C15H19N3O4/c1-7-16-13-15(3)14-17(8-2)18(16)19-20(26)24-9-11-28-12-10-25(24)21(19)29-22(27)23(4,5)6;1-2-21-17(20)16-13-18(22-19-16,14-9-5-3-6-10-14)15-11-7-4-8-12-15;1-9-10(15(20)11-8-17-19(2)16(11)21)4-5-13(25(3,22)23)14(9)12-6-7-24-18-12;1-8(2)15(3)14(21)17-12(18-15)11-10(13(19)20)5-9(6-16-11)7-22-4/h13-14H,7-12H2,1-6H3;3-12H,2,13H2,1H3;4-5,8,17H,6-7H2,1-3H3;5-6,8H,7H2,1-4H3,(H,19,20)(H,17,18,21). The molecule has 3 aromatic heterocycles. The number of nitrogens with zero attached hydrogens (tertiary/aromatic N) is 7. The van der Waals surface area contributed by atoms with Crippen LogP contribution >= 0.6 is 0 Å². The Morgan fingerprint density at radius 2 is 1.42 bits per heavy atom. The molecule has 7 heterocycles. The van der Waals surface area contributed by atoms with Crippen molar-refractivity contribution >= 4 is 56.7 Å². The fourth-order valence-electron chi connectivity index (χ4n) is 11.5. The Kier molecular flexibility index (Phi) is 23.4. The van der Waals surface area contributed by atoms with Crippen LogP contribution in [0.4, 0.5) is 0 Å². The molecule has 4 aliphatic rings. The second-order valence-corrected chi connectivity index (χ2v) is 27.3. The van der Waals surface area contributed by atoms with E-state index in [1.54, 1.807) is 30.1 Å². The van der Waals surface area contributed by atoms with E-state index in [1.165, 1.54) is 55.0 Å². The molecule has 1 atom stereocenters. The molecule has 520 valence electrons. The molecule has 0 spiro atoms. The number of benzene rings is 4. The van der Waals surface area contributed by atoms with Crippen LogP contribution in [0.15, 0.2) is 133 Å². The molecule has 3 N–H and O–H groups in total. The average molecular weight is 1360 g/mol. The summed E-state index contributed by atoms with van der Waals surface area (Å²) in [5.41, 5.74) is 6.44. The minimum atomic E-state index is -3.52. The van der Waals surface area contributed by atoms with Crippen molar-refractivity contribution in [3.63, 3.8) is 0 Å². The largest absolute Gasteiger partial charge is 0.478 e. The van der Waals surface area contributed by atoms with Crippen molar-refractivity contribution in [1.82, 2.24) is 29.4 Å². The molecule has 0 aliphatic carbocycles. The lowest BCUT2D eigenvalue weighted by atomic mass is 9.82. The maximum atomic E-state index is 13.5. The van der Waals surface area contributed by atoms with Crippen molar-refractivity contribution in [1.29, 1.82) is 0 Å². The number of fused-ring (bicyclic) bond motifs is 1. The third-order valence-electron chi connectivity index (χ3n) is 17.1. The molecule has 25 nitrogen and oxygen atoms in total. The van der Waals surface area contributed by atoms with Gasteiger partial charge in [0.05, 0.1) is 67.5 Å². The van der Waals surface area contributed by atoms with E-state index < -0.39 is 49.7 Å². The molecule has 0 radical (unpaired) electrons. The van der Waals surface area contributed by atoms with E-state index in [0.29, 0.717) is 91.9 Å². The zero-order valence-electron chi connectivity index (χ0n) is 57.8. The molecule has 1 unspecified atom stereocenters. The first-order valence-corrected chi connectivity index (χ1v) is 34.1. The van der Waals surface area contributed by atoms with E-state index in [1.807, 2.05) is 95.3 Å². The Morgan fingerprint density at radius 1 is 0.796 bits per heavy atom. The number of nitrogens with one attached hydrogen (secondary N) is 2. The number of ether oxygens (including phenoxy) is 4. The van der Waals surface area contributed by atoms with Crippen molar-refractivity contribution in [3.05, 3.63) is 191 Å². The van der Waals surface area contributed by atoms with Gasteiger partial charge in [-0.2, -0.15) is 0 Å². The maximum absolute atomic E-state index is 13.5. The predicted octanol–water partition coefficient (Wildman–Crippen LogP) is 9.00. The molecule has 11 rings (SSSR count). The number of esters is 2. The van der Waals surface area contributed by atoms with Gasteiger partial charge in [-0.05, 0) is 113 Å². The summed E-state index contributed by atoms with van der Waals surface area (Å²) >= 11 is 0. The SMILES string of the molecule is CCOC(=O)C1=NOC(c2ccccc2)(c2ccccc2)C1.CCc1cc(C)cc(CC)c1-c1c(OC(=O)C(C)(C)C)n2n(c1=O)CCOCC2.COCc1cnc(C2=NC(C)(C(C)C)C(=O)N2)c(C(=O)O)c1.Cc1c(C(=O)c2c[nH]n(C)c2=O)ccc(S(C)(=O)=O)c1C1=NOCC1. The first kappa shape index (κ1) is 73.9. The highest BCUT2D eigenvalue weighted by Gasteiger charge is 2.46. The van der Waals surface area contributed by atoms with Crippen LogP contribution < -0.4 is 21.2 Å². The third-order valence-corrected chi connectivity index (χ3v) is 18.2. The first-order chi connectivity index (χ1) is 46.4. The highest BCUT2D eigenvalue weighted by atomic mass is 32.2. The number of amides is 1. The summed E-state index contributed by atoms with van der Waals surface area (Å²) in [7, 11) is -0.498. The number of aromatic amines is 1. The van der Waals surface area contributed by atoms with Gasteiger partial charge >= 0.3 is 17.9 Å². The number of amidine groups is 1. The molecule has 7 aromatic rings. The van der Waals surface area contributed by atoms with E-state index in [2.05, 4.69) is 63.6 Å². The first-order valence-electron chi connectivity index (χ1n) is 32.2. The van der Waals surface area contributed by atoms with Gasteiger partial charge in [0.15, 0.2) is 32.8 Å². The zero-order valence-corrected chi connectivity index (χ0v) is 58.6. The van der Waals surface area contributed by atoms with Crippen LogP contribution in [0.2, 0.25) is 0 Å². The number of methoxy groups -OCH3 is 1. The van der Waals surface area contributed by atoms with E-state index in [0.717, 1.165) is 46.9 Å². The van der Waals surface area contributed by atoms with Crippen LogP contribution in [-0.2, 0) is 93.3 Å². The molecule has 0 bridgehead atoms. The van der Waals surface area contributed by atoms with Gasteiger partial charge in [0.1, 0.15) is 29.0 Å².